The third-order valence-electron chi connectivity index (χ3n) is 15.3. The summed E-state index contributed by atoms with van der Waals surface area (Å²) in [5, 5.41) is 3.47. The summed E-state index contributed by atoms with van der Waals surface area (Å²) < 4.78 is 6.18. The first-order valence-corrected chi connectivity index (χ1v) is 22.4. The number of nitrogens with one attached hydrogen (secondary N) is 1. The fourth-order valence-corrected chi connectivity index (χ4v) is 12.0. The first-order chi connectivity index (χ1) is 25.0. The molecule has 6 heteroatoms. The molecule has 0 bridgehead atoms. The van der Waals surface area contributed by atoms with Crippen LogP contribution in [0.1, 0.15) is 164 Å². The van der Waals surface area contributed by atoms with Crippen LogP contribution in [0.3, 0.4) is 0 Å². The molecule has 0 radical (unpaired) electrons. The second kappa shape index (κ2) is 21.1. The lowest BCUT2D eigenvalue weighted by Gasteiger charge is -2.58. The van der Waals surface area contributed by atoms with Crippen LogP contribution in [0.15, 0.2) is 23.9 Å². The maximum atomic E-state index is 13.0. The standard InChI is InChI=1S/C46H84N4O2/c1-8-37(34(2)3)18-17-35(4)41-21-22-42-40-20-19-38-33-39(23-25-45(38,6)43(40)24-26-46(41,42)7)52-44(51)16-10-9-15-36(5)50(32-14-28-48)31-12-11-29-49-30-13-27-47/h19,34-35,37,39-43,49H,5,8-18,20-33,47-48H2,1-4,6-7H3/t35-,37-,39+,40+,41-,42+,43?,45+,46-/m1/s1. The van der Waals surface area contributed by atoms with Crippen molar-refractivity contribution < 1.29 is 9.53 Å². The molecule has 0 spiro atoms. The van der Waals surface area contributed by atoms with Gasteiger partial charge in [0.15, 0.2) is 0 Å². The molecule has 0 aromatic rings. The van der Waals surface area contributed by atoms with Gasteiger partial charge in [0.1, 0.15) is 6.10 Å². The summed E-state index contributed by atoms with van der Waals surface area (Å²) in [5.74, 6) is 5.95. The van der Waals surface area contributed by atoms with Gasteiger partial charge in [0, 0.05) is 31.6 Å². The molecule has 4 rings (SSSR count). The van der Waals surface area contributed by atoms with E-state index >= 15 is 0 Å². The summed E-state index contributed by atoms with van der Waals surface area (Å²) in [6.07, 6.45) is 24.5. The Bertz CT molecular complexity index is 1120. The fraction of sp³-hybridized carbons (Fsp3) is 0.891. The maximum absolute atomic E-state index is 13.0. The molecule has 9 atom stereocenters. The van der Waals surface area contributed by atoms with Crippen LogP contribution in [0.2, 0.25) is 0 Å². The van der Waals surface area contributed by atoms with E-state index in [1.807, 2.05) is 0 Å². The van der Waals surface area contributed by atoms with Crippen LogP contribution in [-0.4, -0.2) is 56.2 Å². The topological polar surface area (TPSA) is 93.6 Å². The molecule has 300 valence electrons. The molecule has 3 fully saturated rings. The lowest BCUT2D eigenvalue weighted by molar-refractivity contribution is -0.151. The van der Waals surface area contributed by atoms with Crippen molar-refractivity contribution in [3.8, 4) is 0 Å². The minimum absolute atomic E-state index is 0.00572. The fourth-order valence-electron chi connectivity index (χ4n) is 12.0. The number of unbranched alkanes of at least 4 members (excludes halogenated alkanes) is 2. The number of hydrogen-bond donors (Lipinski definition) is 3. The van der Waals surface area contributed by atoms with Gasteiger partial charge in [-0.05, 0) is 175 Å². The molecule has 0 amide bonds. The Morgan fingerprint density at radius 3 is 2.38 bits per heavy atom. The van der Waals surface area contributed by atoms with E-state index in [4.69, 9.17) is 16.2 Å². The van der Waals surface area contributed by atoms with Gasteiger partial charge in [0.25, 0.3) is 0 Å². The van der Waals surface area contributed by atoms with Crippen LogP contribution >= 0.6 is 0 Å². The second-order valence-electron chi connectivity index (χ2n) is 18.8. The Labute approximate surface area is 321 Å². The van der Waals surface area contributed by atoms with E-state index in [0.717, 1.165) is 132 Å². The molecule has 0 heterocycles. The van der Waals surface area contributed by atoms with Crippen molar-refractivity contribution in [1.82, 2.24) is 10.2 Å². The number of fused-ring (bicyclic) bond motifs is 5. The molecule has 1 unspecified atom stereocenters. The molecule has 4 aliphatic carbocycles. The third kappa shape index (κ3) is 11.1. The number of nitrogens with two attached hydrogens (primary N) is 2. The van der Waals surface area contributed by atoms with Gasteiger partial charge in [-0.15, -0.1) is 0 Å². The predicted octanol–water partition coefficient (Wildman–Crippen LogP) is 10.0. The Kier molecular flexibility index (Phi) is 17.6. The van der Waals surface area contributed by atoms with Crippen molar-refractivity contribution >= 4 is 5.97 Å². The largest absolute Gasteiger partial charge is 0.462 e. The summed E-state index contributed by atoms with van der Waals surface area (Å²) in [5.41, 5.74) is 15.0. The molecule has 0 saturated heterocycles. The predicted molar refractivity (Wildman–Crippen MR) is 221 cm³/mol. The van der Waals surface area contributed by atoms with Crippen LogP contribution < -0.4 is 16.8 Å². The molecule has 0 aromatic heterocycles. The number of hydrogen-bond acceptors (Lipinski definition) is 6. The van der Waals surface area contributed by atoms with Crippen LogP contribution in [0, 0.1) is 52.3 Å². The molecule has 52 heavy (non-hydrogen) atoms. The first-order valence-electron chi connectivity index (χ1n) is 22.4. The average molecular weight is 725 g/mol. The highest BCUT2D eigenvalue weighted by atomic mass is 16.5. The molecule has 5 N–H and O–H groups in total. The minimum Gasteiger partial charge on any atom is -0.462 e. The van der Waals surface area contributed by atoms with Crippen LogP contribution in [-0.2, 0) is 9.53 Å². The molecule has 6 nitrogen and oxygen atoms in total. The van der Waals surface area contributed by atoms with Crippen molar-refractivity contribution in [1.29, 1.82) is 0 Å². The summed E-state index contributed by atoms with van der Waals surface area (Å²) in [6.45, 7) is 25.0. The van der Waals surface area contributed by atoms with Crippen LogP contribution in [0.25, 0.3) is 0 Å². The molecule has 0 aromatic carbocycles. The molecule has 4 aliphatic rings. The van der Waals surface area contributed by atoms with Crippen LogP contribution in [0.4, 0.5) is 0 Å². The Morgan fingerprint density at radius 2 is 1.65 bits per heavy atom. The van der Waals surface area contributed by atoms with Gasteiger partial charge in [-0.2, -0.15) is 0 Å². The van der Waals surface area contributed by atoms with Gasteiger partial charge in [0.05, 0.1) is 0 Å². The SMILES string of the molecule is C=C(CCCCC(=O)O[C@H]1CC[C@@]2(C)C(=CC[C@@H]3C2CC[C@]2(C)[C@@H]([C@H](C)CC[C@@H](CC)C(C)C)CC[C@@H]32)C1)N(CCCN)CCCCNCCCN. The smallest absolute Gasteiger partial charge is 0.306 e. The van der Waals surface area contributed by atoms with E-state index in [1.54, 1.807) is 5.57 Å². The first kappa shape index (κ1) is 43.4. The van der Waals surface area contributed by atoms with Gasteiger partial charge in [-0.25, -0.2) is 0 Å². The van der Waals surface area contributed by atoms with Crippen molar-refractivity contribution in [3.63, 3.8) is 0 Å². The van der Waals surface area contributed by atoms with Gasteiger partial charge in [0.2, 0.25) is 0 Å². The van der Waals surface area contributed by atoms with Gasteiger partial charge < -0.3 is 26.4 Å². The summed E-state index contributed by atoms with van der Waals surface area (Å²) in [6, 6.07) is 0. The monoisotopic (exact) mass is 725 g/mol. The highest BCUT2D eigenvalue weighted by molar-refractivity contribution is 5.69. The number of rotatable bonds is 24. The highest BCUT2D eigenvalue weighted by Gasteiger charge is 2.59. The number of nitrogens with zero attached hydrogens (tertiary/aromatic N) is 1. The third-order valence-corrected chi connectivity index (χ3v) is 15.3. The highest BCUT2D eigenvalue weighted by Crippen LogP contribution is 2.67. The van der Waals surface area contributed by atoms with Crippen molar-refractivity contribution in [2.75, 3.05) is 39.3 Å². The minimum atomic E-state index is -0.00572. The van der Waals surface area contributed by atoms with Crippen molar-refractivity contribution in [2.24, 2.45) is 63.7 Å². The average Bonchev–Trinajstić information content (AvgIpc) is 3.48. The van der Waals surface area contributed by atoms with E-state index in [9.17, 15) is 4.79 Å². The van der Waals surface area contributed by atoms with E-state index in [-0.39, 0.29) is 12.1 Å². The normalized spacial score (nSPS) is 30.9. The zero-order chi connectivity index (χ0) is 37.7. The van der Waals surface area contributed by atoms with Gasteiger partial charge in [-0.1, -0.05) is 72.6 Å². The van der Waals surface area contributed by atoms with Crippen LogP contribution in [0.5, 0.6) is 0 Å². The summed E-state index contributed by atoms with van der Waals surface area (Å²) in [4.78, 5) is 15.5. The van der Waals surface area contributed by atoms with Crippen molar-refractivity contribution in [3.05, 3.63) is 23.9 Å². The lowest BCUT2D eigenvalue weighted by Crippen LogP contribution is -2.51. The Hall–Kier alpha value is -1.37. The van der Waals surface area contributed by atoms with Gasteiger partial charge >= 0.3 is 5.97 Å². The molecule has 0 aliphatic heterocycles. The van der Waals surface area contributed by atoms with E-state index < -0.39 is 0 Å². The lowest BCUT2D eigenvalue weighted by atomic mass is 9.47. The van der Waals surface area contributed by atoms with E-state index in [0.29, 0.717) is 23.8 Å². The van der Waals surface area contributed by atoms with Crippen molar-refractivity contribution in [2.45, 2.75) is 170 Å². The number of ether oxygens (including phenoxy) is 1. The molecular formula is C46H84N4O2. The molecular weight excluding hydrogens is 641 g/mol. The number of allylic oxidation sites excluding steroid dienone is 2. The molecule has 3 saturated carbocycles. The van der Waals surface area contributed by atoms with E-state index in [2.05, 4.69) is 64.4 Å². The Morgan fingerprint density at radius 1 is 0.923 bits per heavy atom. The second-order valence-corrected chi connectivity index (χ2v) is 18.8. The number of esters is 1. The zero-order valence-electron chi connectivity index (χ0n) is 35.0. The zero-order valence-corrected chi connectivity index (χ0v) is 35.0. The maximum Gasteiger partial charge on any atom is 0.306 e. The quantitative estimate of drug-likeness (QED) is 0.0521. The summed E-state index contributed by atoms with van der Waals surface area (Å²) in [7, 11) is 0. The van der Waals surface area contributed by atoms with E-state index in [1.165, 1.54) is 63.5 Å². The number of carbonyl (C=O) groups is 1. The summed E-state index contributed by atoms with van der Waals surface area (Å²) >= 11 is 0. The Balaban J connectivity index is 1.20. The number of carbonyl (C=O) groups excluding carboxylic acids is 1. The van der Waals surface area contributed by atoms with Gasteiger partial charge in [-0.3, -0.25) is 4.79 Å².